The molecule has 0 unspecified atom stereocenters. The summed E-state index contributed by atoms with van der Waals surface area (Å²) in [6.45, 7) is 8.90. The van der Waals surface area contributed by atoms with Gasteiger partial charge in [0.05, 0.1) is 33.9 Å². The molecule has 3 aromatic carbocycles. The highest BCUT2D eigenvalue weighted by atomic mass is 32.1. The van der Waals surface area contributed by atoms with Gasteiger partial charge in [-0.05, 0) is 97.4 Å². The smallest absolute Gasteiger partial charge is 0.322 e. The number of anilines is 2. The number of aryl methyl sites for hydroxylation is 2. The number of nitriles is 1. The number of aromatic nitrogens is 4. The van der Waals surface area contributed by atoms with Gasteiger partial charge in [0.25, 0.3) is 0 Å². The fourth-order valence-corrected chi connectivity index (χ4v) is 10.5. The quantitative estimate of drug-likeness (QED) is 0.0462. The summed E-state index contributed by atoms with van der Waals surface area (Å²) >= 11 is 1.57. The largest absolute Gasteiger partial charge is 0.391 e. The first-order chi connectivity index (χ1) is 36.2. The highest BCUT2D eigenvalue weighted by Crippen LogP contribution is 2.32. The summed E-state index contributed by atoms with van der Waals surface area (Å²) in [5.41, 5.74) is 8.29. The molecule has 3 aromatic heterocycles. The van der Waals surface area contributed by atoms with Crippen LogP contribution in [0.1, 0.15) is 88.1 Å². The van der Waals surface area contributed by atoms with Crippen molar-refractivity contribution in [2.24, 2.45) is 5.41 Å². The van der Waals surface area contributed by atoms with Gasteiger partial charge < -0.3 is 36.0 Å². The Bertz CT molecular complexity index is 2890. The Hall–Kier alpha value is -7.46. The van der Waals surface area contributed by atoms with E-state index in [1.54, 1.807) is 23.6 Å². The maximum Gasteiger partial charge on any atom is 0.322 e. The second kappa shape index (κ2) is 25.2. The molecule has 2 fully saturated rings. The van der Waals surface area contributed by atoms with Crippen molar-refractivity contribution in [3.8, 4) is 27.6 Å². The molecule has 5 amide bonds. The second-order valence-electron chi connectivity index (χ2n) is 20.5. The normalized spacial score (nSPS) is 17.9. The van der Waals surface area contributed by atoms with Crippen molar-refractivity contribution in [2.75, 3.05) is 30.0 Å². The molecule has 0 bridgehead atoms. The van der Waals surface area contributed by atoms with Gasteiger partial charge in [0.15, 0.2) is 0 Å². The van der Waals surface area contributed by atoms with Crippen LogP contribution in [0.2, 0.25) is 0 Å². The minimum Gasteiger partial charge on any atom is -0.391 e. The van der Waals surface area contributed by atoms with Gasteiger partial charge in [0, 0.05) is 74.9 Å². The molecule has 3 atom stereocenters. The van der Waals surface area contributed by atoms with Crippen molar-refractivity contribution >= 4 is 46.6 Å². The van der Waals surface area contributed by atoms with Crippen LogP contribution in [-0.4, -0.2) is 104 Å². The number of nitrogens with one attached hydrogen (secondary N) is 4. The Kier molecular flexibility index (Phi) is 18.1. The van der Waals surface area contributed by atoms with Crippen LogP contribution in [0.25, 0.3) is 21.6 Å². The minimum atomic E-state index is -0.959. The topological polar surface area (TPSA) is 220 Å². The Morgan fingerprint density at radius 2 is 1.59 bits per heavy atom. The standard InChI is InChI=1S/C57H67N11O6S/c1-38-52(75-37-62-38)43-15-12-40(13-16-43)30-60-54(71)49-28-48(69)35-67(49)55(72)53(57(2,3)4)65-51(70)36-74-27-9-8-26-66-34-44(33-63-66)42-17-21-46(22-18-42)68(56(73)61-31-39-10-6-5-7-11-39)47-23-19-45(20-24-47)64-50-25-14-41(29-58)32-59-50/h5-7,10-18,21-22,25,32-34,37,45,47-49,53,69H,8-9,19-20,23-24,26-28,30-31,35-36H2,1-4H3,(H,59,64)(H,60,71)(H,61,73)(H,65,70)/t45?,47?,48-,49+,53-/m1/s1. The summed E-state index contributed by atoms with van der Waals surface area (Å²) in [6, 6.07) is 29.7. The number of ether oxygens (including phenoxy) is 1. The number of amides is 5. The van der Waals surface area contributed by atoms with Gasteiger partial charge in [-0.25, -0.2) is 14.8 Å². The SMILES string of the molecule is Cc1ncsc1-c1ccc(CNC(=O)[C@@H]2C[C@@H](O)CN2C(=O)[C@@H](NC(=O)COCCCCn2cc(-c3ccc(N(C(=O)NCc4ccccc4)C4CCC(Nc5ccc(C#N)cn5)CC4)cc3)cn2)C(C)(C)C)cc1. The van der Waals surface area contributed by atoms with E-state index >= 15 is 0 Å². The molecule has 75 heavy (non-hydrogen) atoms. The number of aliphatic hydroxyl groups is 1. The minimum absolute atomic E-state index is 0.00426. The summed E-state index contributed by atoms with van der Waals surface area (Å²) in [6.07, 6.45) is 9.36. The Morgan fingerprint density at radius 3 is 2.27 bits per heavy atom. The molecule has 6 aromatic rings. The fourth-order valence-electron chi connectivity index (χ4n) is 9.66. The number of β-amino-alcohol motifs (C(OH)–C–C–N with tert-alkyl or cyclic N) is 1. The molecule has 1 aliphatic carbocycles. The van der Waals surface area contributed by atoms with Crippen LogP contribution in [-0.2, 0) is 38.8 Å². The first-order valence-corrected chi connectivity index (χ1v) is 26.6. The molecule has 4 heterocycles. The number of thiazole rings is 1. The first kappa shape index (κ1) is 53.8. The first-order valence-electron chi connectivity index (χ1n) is 25.7. The van der Waals surface area contributed by atoms with E-state index in [9.17, 15) is 24.3 Å². The van der Waals surface area contributed by atoms with E-state index in [-0.39, 0.29) is 50.1 Å². The third-order valence-electron chi connectivity index (χ3n) is 13.8. The van der Waals surface area contributed by atoms with Crippen molar-refractivity contribution in [1.29, 1.82) is 5.26 Å². The van der Waals surface area contributed by atoms with Gasteiger partial charge in [-0.3, -0.25) is 24.0 Å². The second-order valence-corrected chi connectivity index (χ2v) is 21.3. The molecule has 392 valence electrons. The van der Waals surface area contributed by atoms with Crippen LogP contribution in [0.15, 0.2) is 115 Å². The Morgan fingerprint density at radius 1 is 0.867 bits per heavy atom. The van der Waals surface area contributed by atoms with Gasteiger partial charge in [-0.2, -0.15) is 10.4 Å². The van der Waals surface area contributed by atoms with Crippen LogP contribution in [0.4, 0.5) is 16.3 Å². The number of carbonyl (C=O) groups is 4. The van der Waals surface area contributed by atoms with Crippen LogP contribution in [0.3, 0.4) is 0 Å². The average molecular weight is 1030 g/mol. The maximum absolute atomic E-state index is 14.1. The molecular formula is C57H67N11O6S. The van der Waals surface area contributed by atoms with E-state index < -0.39 is 35.4 Å². The third-order valence-corrected chi connectivity index (χ3v) is 14.8. The van der Waals surface area contributed by atoms with Crippen LogP contribution < -0.4 is 26.2 Å². The van der Waals surface area contributed by atoms with Crippen molar-refractivity contribution in [1.82, 2.24) is 40.6 Å². The van der Waals surface area contributed by atoms with Crippen LogP contribution in [0, 0.1) is 23.7 Å². The van der Waals surface area contributed by atoms with E-state index in [0.29, 0.717) is 31.7 Å². The number of carbonyl (C=O) groups excluding carboxylic acids is 4. The van der Waals surface area contributed by atoms with E-state index in [1.807, 2.05) is 140 Å². The lowest BCUT2D eigenvalue weighted by atomic mass is 9.85. The number of benzene rings is 3. The molecule has 18 heteroatoms. The highest BCUT2D eigenvalue weighted by molar-refractivity contribution is 7.13. The lowest BCUT2D eigenvalue weighted by Gasteiger charge is -2.37. The van der Waals surface area contributed by atoms with Crippen LogP contribution in [0.5, 0.6) is 0 Å². The number of nitrogens with zero attached hydrogens (tertiary/aromatic N) is 7. The molecule has 17 nitrogen and oxygen atoms in total. The number of hydrogen-bond donors (Lipinski definition) is 5. The average Bonchev–Trinajstić information content (AvgIpc) is 4.19. The van der Waals surface area contributed by atoms with E-state index in [4.69, 9.17) is 10.00 Å². The number of likely N-dealkylation sites (tertiary alicyclic amines) is 1. The van der Waals surface area contributed by atoms with Crippen molar-refractivity contribution < 1.29 is 29.0 Å². The van der Waals surface area contributed by atoms with Gasteiger partial charge in [-0.15, -0.1) is 11.3 Å². The molecule has 8 rings (SSSR count). The molecule has 2 aliphatic rings. The number of unbranched alkanes of at least 4 members (excludes halogenated alkanes) is 1. The predicted octanol–water partition coefficient (Wildman–Crippen LogP) is 7.99. The molecule has 0 radical (unpaired) electrons. The third kappa shape index (κ3) is 14.4. The van der Waals surface area contributed by atoms with Gasteiger partial charge in [-0.1, -0.05) is 87.5 Å². The molecule has 1 saturated heterocycles. The van der Waals surface area contributed by atoms with E-state index in [2.05, 4.69) is 42.4 Å². The van der Waals surface area contributed by atoms with Crippen LogP contribution >= 0.6 is 11.3 Å². The van der Waals surface area contributed by atoms with Crippen molar-refractivity contribution in [3.63, 3.8) is 0 Å². The van der Waals surface area contributed by atoms with Crippen molar-refractivity contribution in [3.05, 3.63) is 137 Å². The summed E-state index contributed by atoms with van der Waals surface area (Å²) in [5.74, 6) is -0.509. The fraction of sp³-hybridized carbons (Fsp3) is 0.404. The van der Waals surface area contributed by atoms with Gasteiger partial charge in [0.1, 0.15) is 30.6 Å². The summed E-state index contributed by atoms with van der Waals surface area (Å²) in [4.78, 5) is 67.8. The van der Waals surface area contributed by atoms with Gasteiger partial charge >= 0.3 is 6.03 Å². The highest BCUT2D eigenvalue weighted by Gasteiger charge is 2.44. The zero-order valence-electron chi connectivity index (χ0n) is 43.1. The number of hydrogen-bond acceptors (Lipinski definition) is 12. The van der Waals surface area contributed by atoms with E-state index in [0.717, 1.165) is 82.0 Å². The molecular weight excluding hydrogens is 967 g/mol. The Balaban J connectivity index is 0.785. The summed E-state index contributed by atoms with van der Waals surface area (Å²) in [7, 11) is 0. The monoisotopic (exact) mass is 1030 g/mol. The molecule has 1 aliphatic heterocycles. The molecule has 0 spiro atoms. The zero-order chi connectivity index (χ0) is 52.9. The summed E-state index contributed by atoms with van der Waals surface area (Å²) in [5, 5.41) is 36.8. The molecule has 1 saturated carbocycles. The number of pyridine rings is 1. The lowest BCUT2D eigenvalue weighted by Crippen LogP contribution is -2.58. The molecule has 5 N–H and O–H groups in total. The van der Waals surface area contributed by atoms with Crippen molar-refractivity contribution in [2.45, 2.75) is 123 Å². The maximum atomic E-state index is 14.1. The number of aliphatic hydroxyl groups excluding tert-OH is 1. The summed E-state index contributed by atoms with van der Waals surface area (Å²) < 4.78 is 7.63. The lowest BCUT2D eigenvalue weighted by molar-refractivity contribution is -0.144. The predicted molar refractivity (Wildman–Crippen MR) is 289 cm³/mol. The number of urea groups is 1. The zero-order valence-corrected chi connectivity index (χ0v) is 43.9. The Labute approximate surface area is 442 Å². The van der Waals surface area contributed by atoms with E-state index in [1.165, 1.54) is 4.90 Å². The number of rotatable bonds is 20. The van der Waals surface area contributed by atoms with Gasteiger partial charge in [0.2, 0.25) is 17.7 Å².